The monoisotopic (exact) mass is 294 g/mol. The van der Waals surface area contributed by atoms with Crippen molar-refractivity contribution in [3.05, 3.63) is 59.4 Å². The van der Waals surface area contributed by atoms with E-state index in [4.69, 9.17) is 0 Å². The molecule has 2 aromatic rings. The third kappa shape index (κ3) is 3.75. The van der Waals surface area contributed by atoms with E-state index < -0.39 is 29.0 Å². The molecule has 0 radical (unpaired) electrons. The Morgan fingerprint density at radius 2 is 1.71 bits per heavy atom. The van der Waals surface area contributed by atoms with Gasteiger partial charge in [0.2, 0.25) is 5.91 Å². The van der Waals surface area contributed by atoms with Gasteiger partial charge in [-0.15, -0.1) is 0 Å². The van der Waals surface area contributed by atoms with Crippen molar-refractivity contribution in [2.75, 3.05) is 17.2 Å². The van der Waals surface area contributed by atoms with Gasteiger partial charge in [0.05, 0.1) is 6.54 Å². The lowest BCUT2D eigenvalue weighted by molar-refractivity contribution is -0.114. The molecule has 0 saturated carbocycles. The van der Waals surface area contributed by atoms with E-state index in [0.29, 0.717) is 17.8 Å². The fourth-order valence-corrected chi connectivity index (χ4v) is 1.79. The average Bonchev–Trinajstić information content (AvgIpc) is 2.40. The van der Waals surface area contributed by atoms with Crippen LogP contribution in [0.15, 0.2) is 36.4 Å². The minimum atomic E-state index is -1.09. The van der Waals surface area contributed by atoms with Gasteiger partial charge in [0.1, 0.15) is 11.5 Å². The molecule has 0 saturated heterocycles. The fraction of sp³-hybridized carbons (Fsp3) is 0.133. The van der Waals surface area contributed by atoms with Crippen LogP contribution in [0, 0.1) is 24.4 Å². The molecule has 1 amide bonds. The van der Waals surface area contributed by atoms with Crippen molar-refractivity contribution in [2.45, 2.75) is 6.92 Å². The first-order valence-corrected chi connectivity index (χ1v) is 6.21. The predicted molar refractivity (Wildman–Crippen MR) is 74.6 cm³/mol. The van der Waals surface area contributed by atoms with E-state index in [0.717, 1.165) is 5.56 Å². The number of halogens is 3. The maximum atomic E-state index is 13.4. The largest absolute Gasteiger partial charge is 0.371 e. The standard InChI is InChI=1S/C15H13F3N2O/c1-9-4-2-3-5-13(9)20-14(21)8-19-15-11(17)6-10(16)7-12(15)18/h2-7,19H,8H2,1H3,(H,20,21). The Labute approximate surface area is 119 Å². The first-order valence-electron chi connectivity index (χ1n) is 6.21. The van der Waals surface area contributed by atoms with Crippen LogP contribution in [0.1, 0.15) is 5.56 Å². The van der Waals surface area contributed by atoms with Crippen LogP contribution in [0.3, 0.4) is 0 Å². The molecule has 0 aliphatic carbocycles. The van der Waals surface area contributed by atoms with Gasteiger partial charge in [-0.25, -0.2) is 13.2 Å². The number of hydrogen-bond acceptors (Lipinski definition) is 2. The molecule has 0 unspecified atom stereocenters. The van der Waals surface area contributed by atoms with Crippen LogP contribution < -0.4 is 10.6 Å². The predicted octanol–water partition coefficient (Wildman–Crippen LogP) is 3.46. The van der Waals surface area contributed by atoms with E-state index in [1.54, 1.807) is 12.1 Å². The van der Waals surface area contributed by atoms with Crippen LogP contribution in [-0.2, 0) is 4.79 Å². The SMILES string of the molecule is Cc1ccccc1NC(=O)CNc1c(F)cc(F)cc1F. The number of aryl methyl sites for hydroxylation is 1. The summed E-state index contributed by atoms with van der Waals surface area (Å²) in [6.07, 6.45) is 0. The summed E-state index contributed by atoms with van der Waals surface area (Å²) in [5, 5.41) is 4.93. The molecule has 0 aromatic heterocycles. The van der Waals surface area contributed by atoms with Gasteiger partial charge in [-0.3, -0.25) is 4.79 Å². The number of carbonyl (C=O) groups is 1. The van der Waals surface area contributed by atoms with Crippen molar-refractivity contribution in [3.8, 4) is 0 Å². The lowest BCUT2D eigenvalue weighted by Crippen LogP contribution is -2.23. The van der Waals surface area contributed by atoms with Gasteiger partial charge in [0, 0.05) is 17.8 Å². The molecule has 2 rings (SSSR count). The molecule has 0 fully saturated rings. The van der Waals surface area contributed by atoms with Gasteiger partial charge in [-0.2, -0.15) is 0 Å². The average molecular weight is 294 g/mol. The number of rotatable bonds is 4. The molecule has 110 valence electrons. The van der Waals surface area contributed by atoms with Crippen molar-refractivity contribution in [2.24, 2.45) is 0 Å². The van der Waals surface area contributed by atoms with E-state index in [2.05, 4.69) is 10.6 Å². The number of nitrogens with one attached hydrogen (secondary N) is 2. The lowest BCUT2D eigenvalue weighted by atomic mass is 10.2. The summed E-state index contributed by atoms with van der Waals surface area (Å²) < 4.78 is 39.5. The first-order chi connectivity index (χ1) is 9.97. The molecular formula is C15H13F3N2O. The van der Waals surface area contributed by atoms with Crippen LogP contribution in [0.5, 0.6) is 0 Å². The van der Waals surface area contributed by atoms with Crippen LogP contribution >= 0.6 is 0 Å². The number of amides is 1. The third-order valence-corrected chi connectivity index (χ3v) is 2.85. The second kappa shape index (κ2) is 6.30. The molecule has 0 aliphatic rings. The van der Waals surface area contributed by atoms with Crippen LogP contribution in [-0.4, -0.2) is 12.5 Å². The Hall–Kier alpha value is -2.50. The topological polar surface area (TPSA) is 41.1 Å². The van der Waals surface area contributed by atoms with Crippen LogP contribution in [0.4, 0.5) is 24.5 Å². The highest BCUT2D eigenvalue weighted by Crippen LogP contribution is 2.20. The number of para-hydroxylation sites is 1. The summed E-state index contributed by atoms with van der Waals surface area (Å²) in [6, 6.07) is 8.21. The summed E-state index contributed by atoms with van der Waals surface area (Å²) >= 11 is 0. The van der Waals surface area contributed by atoms with Crippen LogP contribution in [0.25, 0.3) is 0 Å². The number of benzene rings is 2. The quantitative estimate of drug-likeness (QED) is 0.906. The molecule has 0 bridgehead atoms. The zero-order chi connectivity index (χ0) is 15.4. The molecule has 2 aromatic carbocycles. The van der Waals surface area contributed by atoms with Gasteiger partial charge in [0.15, 0.2) is 11.6 Å². The maximum absolute atomic E-state index is 13.4. The molecule has 0 aliphatic heterocycles. The Balaban J connectivity index is 2.01. The minimum Gasteiger partial charge on any atom is -0.371 e. The van der Waals surface area contributed by atoms with E-state index >= 15 is 0 Å². The molecule has 2 N–H and O–H groups in total. The smallest absolute Gasteiger partial charge is 0.243 e. The van der Waals surface area contributed by atoms with Crippen molar-refractivity contribution in [1.29, 1.82) is 0 Å². The Morgan fingerprint density at radius 3 is 2.33 bits per heavy atom. The summed E-state index contributed by atoms with van der Waals surface area (Å²) in [6.45, 7) is 1.48. The highest BCUT2D eigenvalue weighted by atomic mass is 19.1. The van der Waals surface area contributed by atoms with E-state index in [-0.39, 0.29) is 6.54 Å². The number of hydrogen-bond donors (Lipinski definition) is 2. The van der Waals surface area contributed by atoms with Crippen molar-refractivity contribution in [3.63, 3.8) is 0 Å². The van der Waals surface area contributed by atoms with Crippen LogP contribution in [0.2, 0.25) is 0 Å². The molecule has 6 heteroatoms. The summed E-state index contributed by atoms with van der Waals surface area (Å²) in [5.74, 6) is -3.65. The number of carbonyl (C=O) groups excluding carboxylic acids is 1. The second-order valence-corrected chi connectivity index (χ2v) is 4.46. The lowest BCUT2D eigenvalue weighted by Gasteiger charge is -2.11. The molecule has 21 heavy (non-hydrogen) atoms. The van der Waals surface area contributed by atoms with Gasteiger partial charge >= 0.3 is 0 Å². The zero-order valence-corrected chi connectivity index (χ0v) is 11.2. The highest BCUT2D eigenvalue weighted by Gasteiger charge is 2.12. The highest BCUT2D eigenvalue weighted by molar-refractivity contribution is 5.94. The van der Waals surface area contributed by atoms with Gasteiger partial charge in [-0.05, 0) is 18.6 Å². The van der Waals surface area contributed by atoms with Crippen molar-refractivity contribution >= 4 is 17.3 Å². The Morgan fingerprint density at radius 1 is 1.10 bits per heavy atom. The minimum absolute atomic E-state index is 0.339. The van der Waals surface area contributed by atoms with Crippen molar-refractivity contribution < 1.29 is 18.0 Å². The van der Waals surface area contributed by atoms with Gasteiger partial charge < -0.3 is 10.6 Å². The Bertz CT molecular complexity index is 651. The van der Waals surface area contributed by atoms with Crippen molar-refractivity contribution in [1.82, 2.24) is 0 Å². The Kier molecular flexibility index (Phi) is 4.47. The van der Waals surface area contributed by atoms with Gasteiger partial charge in [0.25, 0.3) is 0 Å². The zero-order valence-electron chi connectivity index (χ0n) is 11.2. The molecular weight excluding hydrogens is 281 g/mol. The first kappa shape index (κ1) is 14.9. The molecule has 0 atom stereocenters. The summed E-state index contributed by atoms with van der Waals surface area (Å²) in [5.41, 5.74) is 0.950. The molecule has 0 spiro atoms. The van der Waals surface area contributed by atoms with E-state index in [1.807, 2.05) is 19.1 Å². The number of anilines is 2. The molecule has 0 heterocycles. The van der Waals surface area contributed by atoms with Gasteiger partial charge in [-0.1, -0.05) is 18.2 Å². The molecule has 3 nitrogen and oxygen atoms in total. The fourth-order valence-electron chi connectivity index (χ4n) is 1.79. The second-order valence-electron chi connectivity index (χ2n) is 4.46. The summed E-state index contributed by atoms with van der Waals surface area (Å²) in [7, 11) is 0. The van der Waals surface area contributed by atoms with E-state index in [9.17, 15) is 18.0 Å². The normalized spacial score (nSPS) is 10.3. The third-order valence-electron chi connectivity index (χ3n) is 2.85. The maximum Gasteiger partial charge on any atom is 0.243 e. The van der Waals surface area contributed by atoms with E-state index in [1.165, 1.54) is 0 Å². The summed E-state index contributed by atoms with van der Waals surface area (Å²) in [4.78, 5) is 11.7.